The van der Waals surface area contributed by atoms with Gasteiger partial charge in [0.15, 0.2) is 5.54 Å². The molecule has 1 aliphatic heterocycles. The summed E-state index contributed by atoms with van der Waals surface area (Å²) in [6, 6.07) is 7.70. The zero-order valence-electron chi connectivity index (χ0n) is 15.6. The number of amides is 2. The highest BCUT2D eigenvalue weighted by molar-refractivity contribution is 6.10. The molecule has 0 aromatic heterocycles. The average Bonchev–Trinajstić information content (AvgIpc) is 2.96. The Kier molecular flexibility index (Phi) is 6.02. The fourth-order valence-corrected chi connectivity index (χ4v) is 3.02. The van der Waals surface area contributed by atoms with E-state index in [1.54, 1.807) is 4.90 Å². The molecule has 0 aliphatic carbocycles. The van der Waals surface area contributed by atoms with Crippen LogP contribution in [0.5, 0.6) is 0 Å². The molecule has 2 N–H and O–H groups in total. The molecule has 0 saturated carbocycles. The van der Waals surface area contributed by atoms with Gasteiger partial charge in [0.2, 0.25) is 11.8 Å². The van der Waals surface area contributed by atoms with Gasteiger partial charge in [-0.25, -0.2) is 4.79 Å². The van der Waals surface area contributed by atoms with E-state index in [1.165, 1.54) is 19.6 Å². The van der Waals surface area contributed by atoms with Crippen LogP contribution in [-0.2, 0) is 19.1 Å². The molecule has 0 bridgehead atoms. The number of nitrogens with one attached hydrogen (secondary N) is 1. The van der Waals surface area contributed by atoms with Crippen molar-refractivity contribution in [2.24, 2.45) is 5.92 Å². The summed E-state index contributed by atoms with van der Waals surface area (Å²) in [6.07, 6.45) is 0.347. The fraction of sp³-hybridized carbons (Fsp3) is 0.526. The Labute approximate surface area is 153 Å². The van der Waals surface area contributed by atoms with Gasteiger partial charge in [-0.05, 0) is 37.0 Å². The summed E-state index contributed by atoms with van der Waals surface area (Å²) in [5, 5.41) is 11.8. The van der Waals surface area contributed by atoms with Crippen LogP contribution in [0, 0.1) is 5.92 Å². The molecule has 26 heavy (non-hydrogen) atoms. The van der Waals surface area contributed by atoms with E-state index in [4.69, 9.17) is 4.74 Å². The number of carbonyl (C=O) groups is 3. The second-order valence-electron chi connectivity index (χ2n) is 7.14. The summed E-state index contributed by atoms with van der Waals surface area (Å²) in [4.78, 5) is 38.2. The van der Waals surface area contributed by atoms with E-state index >= 15 is 0 Å². The number of hydrogen-bond acceptors (Lipinski definition) is 4. The van der Waals surface area contributed by atoms with Crippen molar-refractivity contribution in [3.05, 3.63) is 29.8 Å². The summed E-state index contributed by atoms with van der Waals surface area (Å²) < 4.78 is 4.89. The number of benzene rings is 1. The molecule has 2 atom stereocenters. The van der Waals surface area contributed by atoms with Gasteiger partial charge in [0.05, 0.1) is 6.61 Å². The molecule has 2 unspecified atom stereocenters. The number of methoxy groups -OCH3 is 1. The molecule has 1 saturated heterocycles. The number of rotatable bonds is 7. The van der Waals surface area contributed by atoms with Crippen LogP contribution < -0.4 is 10.2 Å². The van der Waals surface area contributed by atoms with Gasteiger partial charge in [0.25, 0.3) is 0 Å². The van der Waals surface area contributed by atoms with Gasteiger partial charge in [-0.1, -0.05) is 26.0 Å². The number of carboxylic acid groups (broad SMARTS) is 1. The number of carbonyl (C=O) groups excluding carboxylic acids is 2. The Balaban J connectivity index is 2.10. The van der Waals surface area contributed by atoms with Gasteiger partial charge < -0.3 is 20.1 Å². The van der Waals surface area contributed by atoms with E-state index < -0.39 is 23.3 Å². The minimum atomic E-state index is -1.57. The van der Waals surface area contributed by atoms with Gasteiger partial charge in [-0.2, -0.15) is 0 Å². The van der Waals surface area contributed by atoms with Crippen molar-refractivity contribution in [1.29, 1.82) is 0 Å². The van der Waals surface area contributed by atoms with Crippen LogP contribution in [0.15, 0.2) is 24.3 Å². The molecule has 1 aromatic rings. The Hall–Kier alpha value is -2.41. The largest absolute Gasteiger partial charge is 0.479 e. The number of carboxylic acids is 1. The zero-order chi connectivity index (χ0) is 19.5. The number of ether oxygens (including phenoxy) is 1. The van der Waals surface area contributed by atoms with Crippen molar-refractivity contribution >= 4 is 23.5 Å². The fourth-order valence-electron chi connectivity index (χ4n) is 3.02. The van der Waals surface area contributed by atoms with Crippen LogP contribution in [0.1, 0.15) is 38.7 Å². The topological polar surface area (TPSA) is 95.9 Å². The number of aliphatic carboxylic acids is 1. The van der Waals surface area contributed by atoms with Gasteiger partial charge >= 0.3 is 5.97 Å². The average molecular weight is 362 g/mol. The zero-order valence-corrected chi connectivity index (χ0v) is 15.6. The lowest BCUT2D eigenvalue weighted by Crippen LogP contribution is -2.57. The Morgan fingerprint density at radius 2 is 1.96 bits per heavy atom. The first-order chi connectivity index (χ1) is 12.2. The molecular formula is C19H26N2O5. The van der Waals surface area contributed by atoms with E-state index in [-0.39, 0.29) is 12.5 Å². The molecule has 2 amide bonds. The van der Waals surface area contributed by atoms with Crippen LogP contribution in [0.25, 0.3) is 0 Å². The van der Waals surface area contributed by atoms with Crippen molar-refractivity contribution in [2.45, 2.75) is 38.6 Å². The standard InChI is InChI=1S/C19H26N2O5/c1-12(2)13-5-7-14(8-6-13)21-10-9-15(17(21)23)16(22)20-19(3,11-26-4)18(24)25/h5-8,12,15H,9-11H2,1-4H3,(H,20,22)(H,24,25). The van der Waals surface area contributed by atoms with Gasteiger partial charge in [0, 0.05) is 19.3 Å². The predicted octanol–water partition coefficient (Wildman–Crippen LogP) is 1.77. The molecule has 7 nitrogen and oxygen atoms in total. The second-order valence-corrected chi connectivity index (χ2v) is 7.14. The van der Waals surface area contributed by atoms with E-state index in [2.05, 4.69) is 19.2 Å². The molecule has 2 rings (SSSR count). The van der Waals surface area contributed by atoms with Crippen LogP contribution in [-0.4, -0.2) is 48.7 Å². The third-order valence-electron chi connectivity index (χ3n) is 4.70. The van der Waals surface area contributed by atoms with Crippen molar-refractivity contribution < 1.29 is 24.2 Å². The molecule has 0 spiro atoms. The first-order valence-electron chi connectivity index (χ1n) is 8.65. The van der Waals surface area contributed by atoms with Crippen LogP contribution in [0.2, 0.25) is 0 Å². The number of anilines is 1. The molecule has 1 aliphatic rings. The normalized spacial score (nSPS) is 19.5. The lowest BCUT2D eigenvalue weighted by atomic mass is 10.0. The molecule has 7 heteroatoms. The monoisotopic (exact) mass is 362 g/mol. The molecule has 1 heterocycles. The lowest BCUT2D eigenvalue weighted by molar-refractivity contribution is -0.150. The van der Waals surface area contributed by atoms with Crippen molar-refractivity contribution in [3.8, 4) is 0 Å². The number of hydrogen-bond donors (Lipinski definition) is 2. The van der Waals surface area contributed by atoms with Crippen molar-refractivity contribution in [2.75, 3.05) is 25.2 Å². The van der Waals surface area contributed by atoms with E-state index in [0.717, 1.165) is 5.69 Å². The smallest absolute Gasteiger partial charge is 0.331 e. The third-order valence-corrected chi connectivity index (χ3v) is 4.70. The quantitative estimate of drug-likeness (QED) is 0.721. The number of nitrogens with zero attached hydrogens (tertiary/aromatic N) is 1. The van der Waals surface area contributed by atoms with Crippen LogP contribution >= 0.6 is 0 Å². The maximum Gasteiger partial charge on any atom is 0.331 e. The molecular weight excluding hydrogens is 336 g/mol. The van der Waals surface area contributed by atoms with E-state index in [1.807, 2.05) is 24.3 Å². The van der Waals surface area contributed by atoms with E-state index in [9.17, 15) is 19.5 Å². The predicted molar refractivity (Wildman–Crippen MR) is 97.1 cm³/mol. The highest BCUT2D eigenvalue weighted by atomic mass is 16.5. The summed E-state index contributed by atoms with van der Waals surface area (Å²) in [6.45, 7) is 5.78. The summed E-state index contributed by atoms with van der Waals surface area (Å²) in [5.41, 5.74) is 0.345. The summed E-state index contributed by atoms with van der Waals surface area (Å²) in [7, 11) is 1.36. The lowest BCUT2D eigenvalue weighted by Gasteiger charge is -2.26. The highest BCUT2D eigenvalue weighted by Gasteiger charge is 2.42. The van der Waals surface area contributed by atoms with Gasteiger partial charge in [0.1, 0.15) is 5.92 Å². The maximum absolute atomic E-state index is 12.7. The Bertz CT molecular complexity index is 686. The Morgan fingerprint density at radius 3 is 2.46 bits per heavy atom. The SMILES string of the molecule is COCC(C)(NC(=O)C1CCN(c2ccc(C(C)C)cc2)C1=O)C(=O)O. The molecule has 142 valence electrons. The minimum Gasteiger partial charge on any atom is -0.479 e. The third kappa shape index (κ3) is 4.04. The molecule has 1 aromatic carbocycles. The molecule has 0 radical (unpaired) electrons. The molecule has 1 fully saturated rings. The highest BCUT2D eigenvalue weighted by Crippen LogP contribution is 2.27. The van der Waals surface area contributed by atoms with Gasteiger partial charge in [-0.3, -0.25) is 9.59 Å². The van der Waals surface area contributed by atoms with Gasteiger partial charge in [-0.15, -0.1) is 0 Å². The van der Waals surface area contributed by atoms with E-state index in [0.29, 0.717) is 18.9 Å². The summed E-state index contributed by atoms with van der Waals surface area (Å²) >= 11 is 0. The first-order valence-corrected chi connectivity index (χ1v) is 8.65. The van der Waals surface area contributed by atoms with Crippen LogP contribution in [0.4, 0.5) is 5.69 Å². The van der Waals surface area contributed by atoms with Crippen molar-refractivity contribution in [1.82, 2.24) is 5.32 Å². The maximum atomic E-state index is 12.7. The minimum absolute atomic E-state index is 0.185. The second kappa shape index (κ2) is 7.86. The summed E-state index contributed by atoms with van der Waals surface area (Å²) in [5.74, 6) is -2.61. The van der Waals surface area contributed by atoms with Crippen molar-refractivity contribution in [3.63, 3.8) is 0 Å². The van der Waals surface area contributed by atoms with Crippen LogP contribution in [0.3, 0.4) is 0 Å². The first kappa shape index (κ1) is 19.9. The Morgan fingerprint density at radius 1 is 1.35 bits per heavy atom.